The van der Waals surface area contributed by atoms with Crippen LogP contribution in [-0.2, 0) is 13.1 Å². The average Bonchev–Trinajstić information content (AvgIpc) is 2.57. The summed E-state index contributed by atoms with van der Waals surface area (Å²) in [6.45, 7) is 10.2. The quantitative estimate of drug-likeness (QED) is 0.828. The van der Waals surface area contributed by atoms with Gasteiger partial charge in [0.05, 0.1) is 6.54 Å². The van der Waals surface area contributed by atoms with Crippen LogP contribution in [0.5, 0.6) is 0 Å². The van der Waals surface area contributed by atoms with Gasteiger partial charge in [0.2, 0.25) is 0 Å². The summed E-state index contributed by atoms with van der Waals surface area (Å²) in [5.74, 6) is 2.69. The van der Waals surface area contributed by atoms with E-state index in [-0.39, 0.29) is 0 Å². The van der Waals surface area contributed by atoms with Crippen LogP contribution in [0.2, 0.25) is 0 Å². The van der Waals surface area contributed by atoms with Crippen molar-refractivity contribution in [1.29, 1.82) is 0 Å². The molecule has 2 N–H and O–H groups in total. The van der Waals surface area contributed by atoms with Crippen LogP contribution in [0.4, 0.5) is 0 Å². The molecule has 98 valence electrons. The van der Waals surface area contributed by atoms with E-state index in [1.54, 1.807) is 0 Å². The van der Waals surface area contributed by atoms with Crippen LogP contribution in [-0.4, -0.2) is 18.0 Å². The molecule has 1 aromatic heterocycles. The summed E-state index contributed by atoms with van der Waals surface area (Å²) in [5, 5.41) is 0. The molecule has 1 aromatic rings. The summed E-state index contributed by atoms with van der Waals surface area (Å²) in [6.07, 6.45) is 1.21. The first-order chi connectivity index (χ1) is 7.93. The second-order valence-electron chi connectivity index (χ2n) is 5.39. The highest BCUT2D eigenvalue weighted by molar-refractivity contribution is 5.20. The molecule has 3 heteroatoms. The Morgan fingerprint density at radius 2 is 2.00 bits per heavy atom. The Morgan fingerprint density at radius 3 is 2.47 bits per heavy atom. The molecule has 0 aromatic carbocycles. The largest absolute Gasteiger partial charge is 0.465 e. The van der Waals surface area contributed by atoms with E-state index in [0.29, 0.717) is 12.6 Å². The first-order valence-corrected chi connectivity index (χ1v) is 6.42. The van der Waals surface area contributed by atoms with Gasteiger partial charge < -0.3 is 10.2 Å². The Balaban J connectivity index is 2.57. The molecule has 0 spiro atoms. The number of nitrogens with two attached hydrogens (primary N) is 1. The van der Waals surface area contributed by atoms with Crippen molar-refractivity contribution in [3.63, 3.8) is 0 Å². The Hall–Kier alpha value is -0.800. The van der Waals surface area contributed by atoms with Gasteiger partial charge >= 0.3 is 0 Å². The second kappa shape index (κ2) is 6.22. The van der Waals surface area contributed by atoms with E-state index >= 15 is 0 Å². The van der Waals surface area contributed by atoms with Crippen molar-refractivity contribution in [3.05, 3.63) is 23.2 Å². The fraction of sp³-hybridized carbons (Fsp3) is 0.714. The van der Waals surface area contributed by atoms with E-state index < -0.39 is 0 Å². The van der Waals surface area contributed by atoms with Crippen molar-refractivity contribution < 1.29 is 4.42 Å². The standard InChI is InChI=1S/C14H26N2O/c1-10(2)6-11(3)16(5)9-14-7-13(8-15)12(4)17-14/h7,10-11H,6,8-9,15H2,1-5H3. The maximum Gasteiger partial charge on any atom is 0.118 e. The lowest BCUT2D eigenvalue weighted by atomic mass is 10.0. The van der Waals surface area contributed by atoms with Gasteiger partial charge in [0.1, 0.15) is 11.5 Å². The zero-order valence-electron chi connectivity index (χ0n) is 11.8. The van der Waals surface area contributed by atoms with Gasteiger partial charge in [-0.05, 0) is 39.3 Å². The van der Waals surface area contributed by atoms with Crippen molar-refractivity contribution in [2.45, 2.75) is 53.2 Å². The zero-order chi connectivity index (χ0) is 13.0. The molecule has 0 saturated heterocycles. The van der Waals surface area contributed by atoms with Crippen molar-refractivity contribution >= 4 is 0 Å². The first kappa shape index (κ1) is 14.3. The predicted octanol–water partition coefficient (Wildman–Crippen LogP) is 2.91. The van der Waals surface area contributed by atoms with Crippen LogP contribution in [0.3, 0.4) is 0 Å². The van der Waals surface area contributed by atoms with E-state index in [2.05, 4.69) is 38.8 Å². The van der Waals surface area contributed by atoms with Gasteiger partial charge in [-0.1, -0.05) is 13.8 Å². The number of nitrogens with zero attached hydrogens (tertiary/aromatic N) is 1. The summed E-state index contributed by atoms with van der Waals surface area (Å²) in [7, 11) is 2.15. The van der Waals surface area contributed by atoms with E-state index in [1.165, 1.54) is 6.42 Å². The minimum absolute atomic E-state index is 0.556. The SMILES string of the molecule is Cc1oc(CN(C)C(C)CC(C)C)cc1CN. The molecule has 0 aliphatic carbocycles. The molecule has 0 aliphatic rings. The maximum atomic E-state index is 5.71. The van der Waals surface area contributed by atoms with Gasteiger partial charge in [0.25, 0.3) is 0 Å². The predicted molar refractivity (Wildman–Crippen MR) is 71.7 cm³/mol. The summed E-state index contributed by atoms with van der Waals surface area (Å²) in [5.41, 5.74) is 6.76. The summed E-state index contributed by atoms with van der Waals surface area (Å²) >= 11 is 0. The van der Waals surface area contributed by atoms with Crippen LogP contribution >= 0.6 is 0 Å². The smallest absolute Gasteiger partial charge is 0.118 e. The minimum Gasteiger partial charge on any atom is -0.465 e. The highest BCUT2D eigenvalue weighted by atomic mass is 16.3. The normalized spacial score (nSPS) is 13.6. The topological polar surface area (TPSA) is 42.4 Å². The van der Waals surface area contributed by atoms with Gasteiger partial charge in [0.15, 0.2) is 0 Å². The fourth-order valence-corrected chi connectivity index (χ4v) is 2.13. The summed E-state index contributed by atoms with van der Waals surface area (Å²) < 4.78 is 5.71. The Morgan fingerprint density at radius 1 is 1.35 bits per heavy atom. The lowest BCUT2D eigenvalue weighted by Gasteiger charge is -2.25. The van der Waals surface area contributed by atoms with Gasteiger partial charge in [-0.15, -0.1) is 0 Å². The van der Waals surface area contributed by atoms with Crippen LogP contribution < -0.4 is 5.73 Å². The van der Waals surface area contributed by atoms with Crippen molar-refractivity contribution in [3.8, 4) is 0 Å². The van der Waals surface area contributed by atoms with Crippen LogP contribution in [0, 0.1) is 12.8 Å². The van der Waals surface area contributed by atoms with Gasteiger partial charge in [-0.25, -0.2) is 0 Å². The van der Waals surface area contributed by atoms with Crippen LogP contribution in [0.15, 0.2) is 10.5 Å². The molecular weight excluding hydrogens is 212 g/mol. The number of hydrogen-bond acceptors (Lipinski definition) is 3. The second-order valence-corrected chi connectivity index (χ2v) is 5.39. The molecule has 17 heavy (non-hydrogen) atoms. The molecule has 1 rings (SSSR count). The Bertz CT molecular complexity index is 344. The summed E-state index contributed by atoms with van der Waals surface area (Å²) in [6, 6.07) is 2.65. The molecule has 0 radical (unpaired) electrons. The van der Waals surface area contributed by atoms with Gasteiger partial charge in [0, 0.05) is 18.2 Å². The molecule has 0 amide bonds. The highest BCUT2D eigenvalue weighted by Crippen LogP contribution is 2.18. The first-order valence-electron chi connectivity index (χ1n) is 6.42. The van der Waals surface area contributed by atoms with E-state index in [9.17, 15) is 0 Å². The third-order valence-corrected chi connectivity index (χ3v) is 3.26. The molecule has 0 aliphatic heterocycles. The van der Waals surface area contributed by atoms with Crippen molar-refractivity contribution in [2.75, 3.05) is 7.05 Å². The number of aryl methyl sites for hydroxylation is 1. The van der Waals surface area contributed by atoms with Crippen LogP contribution in [0.1, 0.15) is 44.3 Å². The number of rotatable bonds is 6. The molecule has 0 bridgehead atoms. The summed E-state index contributed by atoms with van der Waals surface area (Å²) in [4.78, 5) is 2.33. The van der Waals surface area contributed by atoms with Crippen molar-refractivity contribution in [2.24, 2.45) is 11.7 Å². The number of hydrogen-bond donors (Lipinski definition) is 1. The fourth-order valence-electron chi connectivity index (χ4n) is 2.13. The van der Waals surface area contributed by atoms with Gasteiger partial charge in [-0.2, -0.15) is 0 Å². The van der Waals surface area contributed by atoms with Crippen LogP contribution in [0.25, 0.3) is 0 Å². The zero-order valence-corrected chi connectivity index (χ0v) is 11.8. The molecule has 1 unspecified atom stereocenters. The molecule has 3 nitrogen and oxygen atoms in total. The molecule has 0 fully saturated rings. The monoisotopic (exact) mass is 238 g/mol. The molecular formula is C14H26N2O. The molecule has 1 atom stereocenters. The Labute approximate surface area is 105 Å². The highest BCUT2D eigenvalue weighted by Gasteiger charge is 2.14. The average molecular weight is 238 g/mol. The number of furan rings is 1. The van der Waals surface area contributed by atoms with E-state index in [1.807, 2.05) is 6.92 Å². The lowest BCUT2D eigenvalue weighted by Crippen LogP contribution is -2.29. The lowest BCUT2D eigenvalue weighted by molar-refractivity contribution is 0.204. The van der Waals surface area contributed by atoms with E-state index in [0.717, 1.165) is 29.5 Å². The van der Waals surface area contributed by atoms with Crippen molar-refractivity contribution in [1.82, 2.24) is 4.90 Å². The maximum absolute atomic E-state index is 5.71. The van der Waals surface area contributed by atoms with E-state index in [4.69, 9.17) is 10.2 Å². The molecule has 1 heterocycles. The van der Waals surface area contributed by atoms with Gasteiger partial charge in [-0.3, -0.25) is 4.90 Å². The minimum atomic E-state index is 0.556. The third-order valence-electron chi connectivity index (χ3n) is 3.26. The molecule has 0 saturated carbocycles. The Kier molecular flexibility index (Phi) is 5.22. The third kappa shape index (κ3) is 4.17.